The lowest BCUT2D eigenvalue weighted by atomic mass is 10.3. The smallest absolute Gasteiger partial charge is 0.262 e. The SMILES string of the molecule is COCC(N)C(=O)NO. The number of carbonyl (C=O) groups excluding carboxylic acids is 1. The average molecular weight is 134 g/mol. The molecule has 0 radical (unpaired) electrons. The molecule has 0 heterocycles. The molecule has 0 fully saturated rings. The van der Waals surface area contributed by atoms with E-state index in [0.717, 1.165) is 0 Å². The molecule has 4 N–H and O–H groups in total. The van der Waals surface area contributed by atoms with Gasteiger partial charge in [-0.3, -0.25) is 10.0 Å². The molecule has 0 aromatic rings. The lowest BCUT2D eigenvalue weighted by Crippen LogP contribution is -2.42. The number of nitrogens with two attached hydrogens (primary N) is 1. The number of amides is 1. The quantitative estimate of drug-likeness (QED) is 0.323. The van der Waals surface area contributed by atoms with Gasteiger partial charge in [-0.05, 0) is 0 Å². The fourth-order valence-corrected chi connectivity index (χ4v) is 0.338. The minimum absolute atomic E-state index is 0.104. The second kappa shape index (κ2) is 4.25. The van der Waals surface area contributed by atoms with Gasteiger partial charge in [-0.1, -0.05) is 0 Å². The van der Waals surface area contributed by atoms with Gasteiger partial charge in [0.05, 0.1) is 6.61 Å². The number of ether oxygens (including phenoxy) is 1. The molecule has 0 bridgehead atoms. The van der Waals surface area contributed by atoms with E-state index in [1.807, 2.05) is 0 Å². The Morgan fingerprint density at radius 2 is 2.56 bits per heavy atom. The van der Waals surface area contributed by atoms with E-state index in [9.17, 15) is 4.79 Å². The molecule has 1 amide bonds. The third kappa shape index (κ3) is 3.02. The minimum atomic E-state index is -0.792. The Morgan fingerprint density at radius 1 is 2.00 bits per heavy atom. The van der Waals surface area contributed by atoms with Crippen molar-refractivity contribution in [2.75, 3.05) is 13.7 Å². The molecular weight excluding hydrogens is 124 g/mol. The predicted molar refractivity (Wildman–Crippen MR) is 29.8 cm³/mol. The van der Waals surface area contributed by atoms with E-state index >= 15 is 0 Å². The largest absolute Gasteiger partial charge is 0.383 e. The van der Waals surface area contributed by atoms with Gasteiger partial charge < -0.3 is 10.5 Å². The number of hydrogen-bond donors (Lipinski definition) is 3. The first kappa shape index (κ1) is 8.35. The first-order valence-corrected chi connectivity index (χ1v) is 2.40. The Kier molecular flexibility index (Phi) is 3.94. The molecule has 1 unspecified atom stereocenters. The summed E-state index contributed by atoms with van der Waals surface area (Å²) in [6.07, 6.45) is 0. The third-order valence-corrected chi connectivity index (χ3v) is 0.793. The number of hydrogen-bond acceptors (Lipinski definition) is 4. The maximum absolute atomic E-state index is 10.3. The maximum Gasteiger partial charge on any atom is 0.262 e. The Balaban J connectivity index is 3.45. The van der Waals surface area contributed by atoms with E-state index < -0.39 is 11.9 Å². The van der Waals surface area contributed by atoms with E-state index in [-0.39, 0.29) is 6.61 Å². The summed E-state index contributed by atoms with van der Waals surface area (Å²) in [4.78, 5) is 10.3. The monoisotopic (exact) mass is 134 g/mol. The highest BCUT2D eigenvalue weighted by Crippen LogP contribution is 1.77. The first-order chi connectivity index (χ1) is 4.22. The molecule has 54 valence electrons. The molecule has 0 aromatic heterocycles. The zero-order valence-corrected chi connectivity index (χ0v) is 5.13. The Labute approximate surface area is 52.7 Å². The molecule has 0 rings (SSSR count). The van der Waals surface area contributed by atoms with Crippen molar-refractivity contribution in [1.82, 2.24) is 5.48 Å². The average Bonchev–Trinajstić information content (AvgIpc) is 1.87. The molecule has 0 aliphatic heterocycles. The van der Waals surface area contributed by atoms with Crippen LogP contribution in [0.3, 0.4) is 0 Å². The Hall–Kier alpha value is -0.650. The molecule has 0 saturated heterocycles. The van der Waals surface area contributed by atoms with Gasteiger partial charge in [-0.2, -0.15) is 0 Å². The molecule has 1 atom stereocenters. The van der Waals surface area contributed by atoms with E-state index in [1.165, 1.54) is 12.6 Å². The summed E-state index contributed by atoms with van der Waals surface area (Å²) < 4.78 is 4.53. The van der Waals surface area contributed by atoms with Gasteiger partial charge in [-0.25, -0.2) is 5.48 Å². The van der Waals surface area contributed by atoms with Gasteiger partial charge in [0.2, 0.25) is 0 Å². The fourth-order valence-electron chi connectivity index (χ4n) is 0.338. The van der Waals surface area contributed by atoms with E-state index in [1.54, 1.807) is 0 Å². The van der Waals surface area contributed by atoms with Crippen molar-refractivity contribution >= 4 is 5.91 Å². The van der Waals surface area contributed by atoms with Gasteiger partial charge in [-0.15, -0.1) is 0 Å². The normalized spacial score (nSPS) is 12.8. The van der Waals surface area contributed by atoms with Crippen molar-refractivity contribution in [2.45, 2.75) is 6.04 Å². The van der Waals surface area contributed by atoms with Crippen LogP contribution in [0.4, 0.5) is 0 Å². The van der Waals surface area contributed by atoms with Crippen molar-refractivity contribution in [3.05, 3.63) is 0 Å². The summed E-state index contributed by atoms with van der Waals surface area (Å²) in [5.41, 5.74) is 6.55. The summed E-state index contributed by atoms with van der Waals surface area (Å²) in [5.74, 6) is -0.642. The highest BCUT2D eigenvalue weighted by atomic mass is 16.5. The van der Waals surface area contributed by atoms with Gasteiger partial charge in [0.15, 0.2) is 0 Å². The topological polar surface area (TPSA) is 84.6 Å². The molecule has 0 aliphatic rings. The van der Waals surface area contributed by atoms with Crippen molar-refractivity contribution in [1.29, 1.82) is 0 Å². The zero-order chi connectivity index (χ0) is 7.28. The summed E-state index contributed by atoms with van der Waals surface area (Å²) in [5, 5.41) is 8.00. The highest BCUT2D eigenvalue weighted by molar-refractivity contribution is 5.80. The fraction of sp³-hybridized carbons (Fsp3) is 0.750. The second-order valence-corrected chi connectivity index (χ2v) is 1.54. The van der Waals surface area contributed by atoms with Gasteiger partial charge in [0, 0.05) is 7.11 Å². The molecule has 9 heavy (non-hydrogen) atoms. The lowest BCUT2D eigenvalue weighted by molar-refractivity contribution is -0.131. The van der Waals surface area contributed by atoms with E-state index in [0.29, 0.717) is 0 Å². The van der Waals surface area contributed by atoms with Crippen LogP contribution < -0.4 is 11.2 Å². The number of carbonyl (C=O) groups is 1. The lowest BCUT2D eigenvalue weighted by Gasteiger charge is -2.05. The van der Waals surface area contributed by atoms with Gasteiger partial charge >= 0.3 is 0 Å². The van der Waals surface area contributed by atoms with Crippen molar-refractivity contribution in [3.63, 3.8) is 0 Å². The van der Waals surface area contributed by atoms with Crippen molar-refractivity contribution in [2.24, 2.45) is 5.73 Å². The third-order valence-electron chi connectivity index (χ3n) is 0.793. The van der Waals surface area contributed by atoms with Crippen LogP contribution in [0.2, 0.25) is 0 Å². The molecule has 5 heteroatoms. The van der Waals surface area contributed by atoms with Gasteiger partial charge in [0.1, 0.15) is 6.04 Å². The summed E-state index contributed by atoms with van der Waals surface area (Å²) >= 11 is 0. The van der Waals surface area contributed by atoms with Crippen LogP contribution in [-0.4, -0.2) is 30.9 Å². The van der Waals surface area contributed by atoms with Crippen molar-refractivity contribution < 1.29 is 14.7 Å². The number of nitrogens with one attached hydrogen (secondary N) is 1. The van der Waals surface area contributed by atoms with Crippen LogP contribution in [0.5, 0.6) is 0 Å². The Bertz CT molecular complexity index is 95.8. The molecule has 0 aliphatic carbocycles. The van der Waals surface area contributed by atoms with Crippen LogP contribution in [0, 0.1) is 0 Å². The van der Waals surface area contributed by atoms with Crippen LogP contribution in [-0.2, 0) is 9.53 Å². The van der Waals surface area contributed by atoms with E-state index in [4.69, 9.17) is 10.9 Å². The number of methoxy groups -OCH3 is 1. The highest BCUT2D eigenvalue weighted by Gasteiger charge is 2.10. The predicted octanol–water partition coefficient (Wildman–Crippen LogP) is -1.53. The maximum atomic E-state index is 10.3. The molecule has 0 spiro atoms. The van der Waals surface area contributed by atoms with Crippen LogP contribution in [0.15, 0.2) is 0 Å². The minimum Gasteiger partial charge on any atom is -0.383 e. The number of hydroxylamine groups is 1. The first-order valence-electron chi connectivity index (χ1n) is 2.40. The molecule has 0 saturated carbocycles. The molecular formula is C4H10N2O3. The van der Waals surface area contributed by atoms with Crippen LogP contribution in [0.1, 0.15) is 0 Å². The zero-order valence-electron chi connectivity index (χ0n) is 5.13. The summed E-state index contributed by atoms with van der Waals surface area (Å²) in [7, 11) is 1.42. The van der Waals surface area contributed by atoms with E-state index in [2.05, 4.69) is 4.74 Å². The summed E-state index contributed by atoms with van der Waals surface area (Å²) in [6.45, 7) is 0.104. The van der Waals surface area contributed by atoms with Crippen LogP contribution in [0.25, 0.3) is 0 Å². The second-order valence-electron chi connectivity index (χ2n) is 1.54. The molecule has 5 nitrogen and oxygen atoms in total. The van der Waals surface area contributed by atoms with Gasteiger partial charge in [0.25, 0.3) is 5.91 Å². The van der Waals surface area contributed by atoms with Crippen molar-refractivity contribution in [3.8, 4) is 0 Å². The molecule has 0 aromatic carbocycles. The Morgan fingerprint density at radius 3 is 2.89 bits per heavy atom. The van der Waals surface area contributed by atoms with Crippen LogP contribution >= 0.6 is 0 Å². The number of rotatable bonds is 3. The standard InChI is InChI=1S/C4H10N2O3/c1-9-2-3(5)4(7)6-8/h3,8H,2,5H2,1H3,(H,6,7). The summed E-state index contributed by atoms with van der Waals surface area (Å²) in [6, 6.07) is -0.792.